The van der Waals surface area contributed by atoms with Gasteiger partial charge in [-0.1, -0.05) is 12.1 Å². The van der Waals surface area contributed by atoms with Crippen LogP contribution in [0.2, 0.25) is 0 Å². The van der Waals surface area contributed by atoms with Gasteiger partial charge in [-0.2, -0.15) is 0 Å². The van der Waals surface area contributed by atoms with E-state index >= 15 is 0 Å². The van der Waals surface area contributed by atoms with Gasteiger partial charge in [0.2, 0.25) is 0 Å². The third kappa shape index (κ3) is 3.62. The number of nitrogens with one attached hydrogen (secondary N) is 1. The highest BCUT2D eigenvalue weighted by Crippen LogP contribution is 2.32. The van der Waals surface area contributed by atoms with Crippen LogP contribution in [0.25, 0.3) is 10.6 Å². The number of nitrogens with two attached hydrogens (primary N) is 1. The Morgan fingerprint density at radius 1 is 1.52 bits per heavy atom. The first-order valence-electron chi connectivity index (χ1n) is 7.54. The van der Waals surface area contributed by atoms with Gasteiger partial charge >= 0.3 is 6.03 Å². The molecule has 0 radical (unpaired) electrons. The fraction of sp³-hybridized carbons (Fsp3) is 0.375. The quantitative estimate of drug-likeness (QED) is 0.898. The molecule has 0 saturated carbocycles. The number of carbonyl (C=O) groups excluding carboxylic acids is 1. The Kier molecular flexibility index (Phi) is 4.78. The Labute approximate surface area is 139 Å². The molecule has 2 aromatic rings. The van der Waals surface area contributed by atoms with Gasteiger partial charge in [-0.15, -0.1) is 11.3 Å². The summed E-state index contributed by atoms with van der Waals surface area (Å²) < 4.78 is 5.36. The number of urea groups is 1. The van der Waals surface area contributed by atoms with E-state index in [9.17, 15) is 4.79 Å². The van der Waals surface area contributed by atoms with Gasteiger partial charge in [-0.3, -0.25) is 0 Å². The molecular formula is C16H20N4O2S. The van der Waals surface area contributed by atoms with Gasteiger partial charge in [0.05, 0.1) is 19.2 Å². The number of nitrogens with zero attached hydrogens (tertiary/aromatic N) is 2. The van der Waals surface area contributed by atoms with Crippen molar-refractivity contribution in [2.45, 2.75) is 19.0 Å². The SMILES string of the molecule is COc1ccccc1-c1ncc(CNC(=O)N2CC[C@H](N)C2)s1. The zero-order valence-electron chi connectivity index (χ0n) is 13.0. The van der Waals surface area contributed by atoms with E-state index < -0.39 is 0 Å². The molecule has 1 aliphatic rings. The minimum Gasteiger partial charge on any atom is -0.496 e. The molecule has 0 spiro atoms. The second kappa shape index (κ2) is 6.97. The van der Waals surface area contributed by atoms with Gasteiger partial charge in [0.15, 0.2) is 0 Å². The molecule has 23 heavy (non-hydrogen) atoms. The van der Waals surface area contributed by atoms with E-state index in [-0.39, 0.29) is 12.1 Å². The molecule has 1 saturated heterocycles. The van der Waals surface area contributed by atoms with Crippen LogP contribution in [0.15, 0.2) is 30.5 Å². The van der Waals surface area contributed by atoms with Crippen molar-refractivity contribution >= 4 is 17.4 Å². The summed E-state index contributed by atoms with van der Waals surface area (Å²) >= 11 is 1.55. The highest BCUT2D eigenvalue weighted by molar-refractivity contribution is 7.15. The molecule has 2 heterocycles. The lowest BCUT2D eigenvalue weighted by Crippen LogP contribution is -2.39. The zero-order chi connectivity index (χ0) is 16.2. The largest absolute Gasteiger partial charge is 0.496 e. The molecule has 3 rings (SSSR count). The third-order valence-electron chi connectivity index (χ3n) is 3.82. The summed E-state index contributed by atoms with van der Waals surface area (Å²) in [5.74, 6) is 0.795. The van der Waals surface area contributed by atoms with E-state index in [1.54, 1.807) is 29.5 Å². The van der Waals surface area contributed by atoms with Gasteiger partial charge in [0, 0.05) is 30.2 Å². The lowest BCUT2D eigenvalue weighted by Gasteiger charge is -2.16. The molecule has 122 valence electrons. The zero-order valence-corrected chi connectivity index (χ0v) is 13.8. The van der Waals surface area contributed by atoms with Crippen molar-refractivity contribution in [2.75, 3.05) is 20.2 Å². The van der Waals surface area contributed by atoms with Crippen LogP contribution in [0, 0.1) is 0 Å². The highest BCUT2D eigenvalue weighted by Gasteiger charge is 2.23. The number of benzene rings is 1. The van der Waals surface area contributed by atoms with Crippen LogP contribution >= 0.6 is 11.3 Å². The summed E-state index contributed by atoms with van der Waals surface area (Å²) in [5, 5.41) is 3.81. The first kappa shape index (κ1) is 15.8. The van der Waals surface area contributed by atoms with Crippen molar-refractivity contribution in [3.63, 3.8) is 0 Å². The van der Waals surface area contributed by atoms with E-state index in [1.165, 1.54) is 0 Å². The first-order valence-corrected chi connectivity index (χ1v) is 8.35. The molecule has 1 fully saturated rings. The number of para-hydroxylation sites is 1. The normalized spacial score (nSPS) is 17.3. The molecular weight excluding hydrogens is 312 g/mol. The summed E-state index contributed by atoms with van der Waals surface area (Å²) in [4.78, 5) is 19.3. The molecule has 1 aromatic heterocycles. The van der Waals surface area contributed by atoms with Crippen LogP contribution in [-0.2, 0) is 6.54 Å². The maximum Gasteiger partial charge on any atom is 0.317 e. The van der Waals surface area contributed by atoms with Gasteiger partial charge in [0.1, 0.15) is 10.8 Å². The number of carbonyl (C=O) groups is 1. The van der Waals surface area contributed by atoms with Gasteiger partial charge in [-0.25, -0.2) is 9.78 Å². The Morgan fingerprint density at radius 3 is 3.09 bits per heavy atom. The van der Waals surface area contributed by atoms with Crippen LogP contribution in [-0.4, -0.2) is 42.2 Å². The van der Waals surface area contributed by atoms with E-state index in [0.717, 1.165) is 34.2 Å². The minimum atomic E-state index is -0.0646. The standard InChI is InChI=1S/C16H20N4O2S/c1-22-14-5-3-2-4-13(14)15-18-8-12(23-15)9-19-16(21)20-7-6-11(17)10-20/h2-5,8,11H,6-7,9-10,17H2,1H3,(H,19,21)/t11-/m0/s1. The molecule has 0 unspecified atom stereocenters. The van der Waals surface area contributed by atoms with E-state index in [1.807, 2.05) is 24.3 Å². The second-order valence-corrected chi connectivity index (χ2v) is 6.60. The number of rotatable bonds is 4. The van der Waals surface area contributed by atoms with Crippen LogP contribution in [0.1, 0.15) is 11.3 Å². The Balaban J connectivity index is 1.62. The number of methoxy groups -OCH3 is 1. The summed E-state index contributed by atoms with van der Waals surface area (Å²) in [6.07, 6.45) is 2.66. The molecule has 1 atom stereocenters. The smallest absolute Gasteiger partial charge is 0.317 e. The molecule has 0 aliphatic carbocycles. The van der Waals surface area contributed by atoms with Crippen molar-refractivity contribution in [2.24, 2.45) is 5.73 Å². The molecule has 7 heteroatoms. The molecule has 1 aliphatic heterocycles. The van der Waals surface area contributed by atoms with Crippen LogP contribution in [0.4, 0.5) is 4.79 Å². The first-order chi connectivity index (χ1) is 11.2. The summed E-state index contributed by atoms with van der Waals surface area (Å²) in [7, 11) is 1.65. The van der Waals surface area contributed by atoms with E-state index in [2.05, 4.69) is 10.3 Å². The lowest BCUT2D eigenvalue weighted by atomic mass is 10.2. The predicted octanol–water partition coefficient (Wildman–Crippen LogP) is 2.06. The highest BCUT2D eigenvalue weighted by atomic mass is 32.1. The Bertz CT molecular complexity index is 688. The van der Waals surface area contributed by atoms with Crippen molar-refractivity contribution in [1.29, 1.82) is 0 Å². The number of amides is 2. The maximum absolute atomic E-state index is 12.1. The second-order valence-electron chi connectivity index (χ2n) is 5.49. The van der Waals surface area contributed by atoms with Crippen molar-refractivity contribution in [3.8, 4) is 16.3 Å². The summed E-state index contributed by atoms with van der Waals surface area (Å²) in [5.41, 5.74) is 6.79. The number of likely N-dealkylation sites (tertiary alicyclic amines) is 1. The van der Waals surface area contributed by atoms with E-state index in [4.69, 9.17) is 10.5 Å². The summed E-state index contributed by atoms with van der Waals surface area (Å²) in [6, 6.07) is 7.81. The Hall–Kier alpha value is -2.12. The molecule has 3 N–H and O–H groups in total. The predicted molar refractivity (Wildman–Crippen MR) is 90.5 cm³/mol. The van der Waals surface area contributed by atoms with Crippen molar-refractivity contribution in [1.82, 2.24) is 15.2 Å². The fourth-order valence-electron chi connectivity index (χ4n) is 2.58. The van der Waals surface area contributed by atoms with E-state index in [0.29, 0.717) is 13.1 Å². The number of thiazole rings is 1. The molecule has 2 amide bonds. The topological polar surface area (TPSA) is 80.5 Å². The number of aromatic nitrogens is 1. The lowest BCUT2D eigenvalue weighted by molar-refractivity contribution is 0.208. The minimum absolute atomic E-state index is 0.0646. The van der Waals surface area contributed by atoms with Crippen LogP contribution in [0.3, 0.4) is 0 Å². The number of hydrogen-bond acceptors (Lipinski definition) is 5. The number of hydrogen-bond donors (Lipinski definition) is 2. The summed E-state index contributed by atoms with van der Waals surface area (Å²) in [6.45, 7) is 1.82. The molecule has 6 nitrogen and oxygen atoms in total. The Morgan fingerprint density at radius 2 is 2.35 bits per heavy atom. The van der Waals surface area contributed by atoms with Crippen molar-refractivity contribution in [3.05, 3.63) is 35.3 Å². The average molecular weight is 332 g/mol. The third-order valence-corrected chi connectivity index (χ3v) is 4.85. The monoisotopic (exact) mass is 332 g/mol. The number of ether oxygens (including phenoxy) is 1. The van der Waals surface area contributed by atoms with Crippen LogP contribution < -0.4 is 15.8 Å². The molecule has 1 aromatic carbocycles. The van der Waals surface area contributed by atoms with Crippen molar-refractivity contribution < 1.29 is 9.53 Å². The van der Waals surface area contributed by atoms with Gasteiger partial charge in [0.25, 0.3) is 0 Å². The maximum atomic E-state index is 12.1. The average Bonchev–Trinajstić information content (AvgIpc) is 3.21. The van der Waals surface area contributed by atoms with Crippen LogP contribution in [0.5, 0.6) is 5.75 Å². The molecule has 0 bridgehead atoms. The fourth-order valence-corrected chi connectivity index (χ4v) is 3.46. The van der Waals surface area contributed by atoms with Gasteiger partial charge in [-0.05, 0) is 18.6 Å². The van der Waals surface area contributed by atoms with Gasteiger partial charge < -0.3 is 20.7 Å².